The second-order valence-corrected chi connectivity index (χ2v) is 11.4. The molecule has 1 aromatic rings. The largest absolute Gasteiger partial charge is 0.465 e. The first-order valence-electron chi connectivity index (χ1n) is 13.8. The monoisotopic (exact) mass is 535 g/mol. The van der Waals surface area contributed by atoms with Gasteiger partial charge < -0.3 is 30.1 Å². The van der Waals surface area contributed by atoms with E-state index in [0.29, 0.717) is 24.0 Å². The van der Waals surface area contributed by atoms with E-state index >= 15 is 0 Å². The van der Waals surface area contributed by atoms with Crippen molar-refractivity contribution in [2.24, 2.45) is 17.3 Å². The first kappa shape index (κ1) is 28.0. The topological polar surface area (TPSA) is 100 Å². The number of carbonyl (C=O) groups is 2. The van der Waals surface area contributed by atoms with Gasteiger partial charge in [0.1, 0.15) is 0 Å². The number of nitrogens with one attached hydrogen (secondary N) is 2. The number of rotatable bonds is 9. The molecule has 0 aromatic heterocycles. The third-order valence-electron chi connectivity index (χ3n) is 8.67. The summed E-state index contributed by atoms with van der Waals surface area (Å²) in [5.41, 5.74) is 0.822. The van der Waals surface area contributed by atoms with E-state index in [1.807, 2.05) is 24.3 Å². The minimum Gasteiger partial charge on any atom is -0.465 e. The minimum atomic E-state index is -0.846. The van der Waals surface area contributed by atoms with Gasteiger partial charge in [-0.15, -0.1) is 0 Å². The predicted octanol–water partition coefficient (Wildman–Crippen LogP) is 5.46. The van der Waals surface area contributed by atoms with Crippen LogP contribution in [0.25, 0.3) is 0 Å². The Bertz CT molecular complexity index is 904. The van der Waals surface area contributed by atoms with E-state index in [1.165, 1.54) is 39.2 Å². The Balaban J connectivity index is 1.67. The normalized spacial score (nSPS) is 27.6. The minimum absolute atomic E-state index is 0.0232. The van der Waals surface area contributed by atoms with E-state index in [-0.39, 0.29) is 30.1 Å². The summed E-state index contributed by atoms with van der Waals surface area (Å²) in [6.45, 7) is 2.89. The second kappa shape index (κ2) is 13.2. The molecule has 1 aromatic carbocycles. The smallest absolute Gasteiger partial charge is 0.407 e. The number of halogens is 1. The summed E-state index contributed by atoms with van der Waals surface area (Å²) in [7, 11) is 1.33. The molecular formula is C28H42ClN3O5. The summed E-state index contributed by atoms with van der Waals surface area (Å²) in [5.74, 6) is 0.617. The summed E-state index contributed by atoms with van der Waals surface area (Å²) in [5, 5.41) is 17.3. The molecule has 2 amide bonds. The fourth-order valence-corrected chi connectivity index (χ4v) is 7.38. The number of benzene rings is 1. The lowest BCUT2D eigenvalue weighted by Crippen LogP contribution is -2.59. The van der Waals surface area contributed by atoms with E-state index in [4.69, 9.17) is 16.3 Å². The van der Waals surface area contributed by atoms with Crippen molar-refractivity contribution in [2.75, 3.05) is 39.9 Å². The summed E-state index contributed by atoms with van der Waals surface area (Å²) < 4.78 is 11.2. The molecule has 37 heavy (non-hydrogen) atoms. The zero-order chi connectivity index (χ0) is 26.3. The molecule has 2 aliphatic heterocycles. The van der Waals surface area contributed by atoms with Crippen LogP contribution in [0.2, 0.25) is 5.02 Å². The van der Waals surface area contributed by atoms with Gasteiger partial charge in [-0.3, -0.25) is 0 Å². The Morgan fingerprint density at radius 1 is 1.24 bits per heavy atom. The van der Waals surface area contributed by atoms with Crippen molar-refractivity contribution in [3.63, 3.8) is 0 Å². The van der Waals surface area contributed by atoms with Crippen LogP contribution in [-0.2, 0) is 9.47 Å². The lowest BCUT2D eigenvalue weighted by atomic mass is 9.63. The zero-order valence-electron chi connectivity index (χ0n) is 21.9. The van der Waals surface area contributed by atoms with E-state index in [2.05, 4.69) is 15.4 Å². The van der Waals surface area contributed by atoms with Gasteiger partial charge in [0.25, 0.3) is 0 Å². The molecule has 1 saturated carbocycles. The van der Waals surface area contributed by atoms with Crippen LogP contribution in [0.3, 0.4) is 0 Å². The summed E-state index contributed by atoms with van der Waals surface area (Å²) >= 11 is 6.40. The second-order valence-electron chi connectivity index (χ2n) is 11.0. The molecule has 0 bridgehead atoms. The van der Waals surface area contributed by atoms with Gasteiger partial charge in [0, 0.05) is 42.0 Å². The Morgan fingerprint density at radius 3 is 2.73 bits per heavy atom. The van der Waals surface area contributed by atoms with Gasteiger partial charge in [-0.05, 0) is 55.8 Å². The highest BCUT2D eigenvalue weighted by atomic mass is 35.5. The first-order chi connectivity index (χ1) is 17.9. The van der Waals surface area contributed by atoms with Crippen molar-refractivity contribution in [1.29, 1.82) is 0 Å². The molecule has 2 saturated heterocycles. The van der Waals surface area contributed by atoms with Crippen LogP contribution in [0.5, 0.6) is 0 Å². The van der Waals surface area contributed by atoms with Crippen LogP contribution in [0, 0.1) is 17.3 Å². The Hall–Kier alpha value is -2.03. The molecule has 2 unspecified atom stereocenters. The van der Waals surface area contributed by atoms with Crippen LogP contribution in [0.15, 0.2) is 24.3 Å². The number of alkyl carbamates (subject to hydrolysis) is 1. The molecule has 0 radical (unpaired) electrons. The van der Waals surface area contributed by atoms with Crippen LogP contribution >= 0.6 is 11.6 Å². The summed E-state index contributed by atoms with van der Waals surface area (Å²) in [4.78, 5) is 25.9. The summed E-state index contributed by atoms with van der Waals surface area (Å²) in [6, 6.07) is 7.55. The van der Waals surface area contributed by atoms with Gasteiger partial charge in [-0.1, -0.05) is 55.8 Å². The highest BCUT2D eigenvalue weighted by Crippen LogP contribution is 2.50. The molecule has 8 nitrogen and oxygen atoms in total. The first-order valence-corrected chi connectivity index (χ1v) is 14.2. The molecule has 1 aliphatic carbocycles. The van der Waals surface area contributed by atoms with Crippen molar-refractivity contribution < 1.29 is 24.2 Å². The number of amides is 2. The van der Waals surface area contributed by atoms with Crippen molar-refractivity contribution in [3.8, 4) is 0 Å². The Kier molecular flexibility index (Phi) is 9.96. The van der Waals surface area contributed by atoms with E-state index in [0.717, 1.165) is 44.3 Å². The lowest BCUT2D eigenvalue weighted by Gasteiger charge is -2.52. The van der Waals surface area contributed by atoms with Gasteiger partial charge in [0.15, 0.2) is 0 Å². The maximum Gasteiger partial charge on any atom is 0.407 e. The molecule has 9 heteroatoms. The van der Waals surface area contributed by atoms with Gasteiger partial charge in [0.05, 0.1) is 19.8 Å². The molecule has 3 aliphatic rings. The number of likely N-dealkylation sites (tertiary alicyclic amines) is 1. The molecule has 0 spiro atoms. The van der Waals surface area contributed by atoms with Crippen LogP contribution in [-0.4, -0.2) is 68.1 Å². The van der Waals surface area contributed by atoms with Crippen LogP contribution in [0.4, 0.5) is 9.59 Å². The molecule has 3 N–H and O–H groups in total. The SMILES string of the molecule is COC(=O)NCCO[C@@H](c1cccc(Cl)c1)C1CCCN(C(=O)O)[C@H]1C1(CC2CCCCC2)CCNC1. The number of nitrogens with zero attached hydrogens (tertiary/aromatic N) is 1. The van der Waals surface area contributed by atoms with E-state index in [9.17, 15) is 14.7 Å². The number of piperidine rings is 1. The molecule has 206 valence electrons. The lowest BCUT2D eigenvalue weighted by molar-refractivity contribution is -0.0775. The molecular weight excluding hydrogens is 494 g/mol. The third-order valence-corrected chi connectivity index (χ3v) is 8.90. The average Bonchev–Trinajstić information content (AvgIpc) is 3.37. The van der Waals surface area contributed by atoms with Gasteiger partial charge in [0.2, 0.25) is 0 Å². The summed E-state index contributed by atoms with van der Waals surface area (Å²) in [6.07, 6.45) is 8.33. The fourth-order valence-electron chi connectivity index (χ4n) is 7.18. The van der Waals surface area contributed by atoms with Gasteiger partial charge in [-0.25, -0.2) is 9.59 Å². The zero-order valence-corrected chi connectivity index (χ0v) is 22.7. The number of ether oxygens (including phenoxy) is 2. The fraction of sp³-hybridized carbons (Fsp3) is 0.714. The molecule has 4 atom stereocenters. The quantitative estimate of drug-likeness (QED) is 0.363. The Morgan fingerprint density at radius 2 is 2.05 bits per heavy atom. The van der Waals surface area contributed by atoms with E-state index in [1.54, 1.807) is 4.90 Å². The van der Waals surface area contributed by atoms with Crippen LogP contribution in [0.1, 0.15) is 69.5 Å². The number of hydrogen-bond acceptors (Lipinski definition) is 5. The number of carboxylic acid groups (broad SMARTS) is 1. The van der Waals surface area contributed by atoms with E-state index < -0.39 is 12.2 Å². The molecule has 4 rings (SSSR count). The molecule has 2 heterocycles. The maximum absolute atomic E-state index is 12.7. The number of hydrogen-bond donors (Lipinski definition) is 3. The van der Waals surface area contributed by atoms with Crippen molar-refractivity contribution in [1.82, 2.24) is 15.5 Å². The standard InChI is InChI=1S/C28H42ClN3O5/c1-36-26(33)31-14-16-37-24(21-9-5-10-22(29)17-21)23-11-6-15-32(27(34)35)25(23)28(12-13-30-19-28)18-20-7-3-2-4-8-20/h5,9-10,17,20,23-25,30H,2-4,6-8,11-16,18-19H2,1H3,(H,31,33)(H,34,35)/t23?,24-,25+,28?/m0/s1. The number of carbonyl (C=O) groups excluding carboxylic acids is 1. The van der Waals surface area contributed by atoms with Crippen LogP contribution < -0.4 is 10.6 Å². The molecule has 3 fully saturated rings. The van der Waals surface area contributed by atoms with Gasteiger partial charge in [-0.2, -0.15) is 0 Å². The van der Waals surface area contributed by atoms with Crippen molar-refractivity contribution >= 4 is 23.8 Å². The van der Waals surface area contributed by atoms with Crippen molar-refractivity contribution in [3.05, 3.63) is 34.9 Å². The van der Waals surface area contributed by atoms with Gasteiger partial charge >= 0.3 is 12.2 Å². The highest BCUT2D eigenvalue weighted by Gasteiger charge is 2.53. The Labute approximate surface area is 225 Å². The third kappa shape index (κ3) is 6.89. The number of methoxy groups -OCH3 is 1. The maximum atomic E-state index is 12.7. The highest BCUT2D eigenvalue weighted by molar-refractivity contribution is 6.30. The van der Waals surface area contributed by atoms with Crippen molar-refractivity contribution in [2.45, 2.75) is 69.9 Å². The average molecular weight is 536 g/mol. The predicted molar refractivity (Wildman–Crippen MR) is 143 cm³/mol.